The number of nitrogens with zero attached hydrogens (tertiary/aromatic N) is 1. The van der Waals surface area contributed by atoms with Gasteiger partial charge in [-0.2, -0.15) is 26.3 Å². The predicted octanol–water partition coefficient (Wildman–Crippen LogP) is 3.63. The Labute approximate surface area is 92.9 Å². The molecule has 0 bridgehead atoms. The van der Waals surface area contributed by atoms with Crippen LogP contribution in [0.25, 0.3) is 0 Å². The van der Waals surface area contributed by atoms with Gasteiger partial charge in [-0.15, -0.1) is 0 Å². The Hall–Kier alpha value is -0.950. The minimum absolute atomic E-state index is 0.445. The van der Waals surface area contributed by atoms with Crippen molar-refractivity contribution in [1.29, 1.82) is 0 Å². The van der Waals surface area contributed by atoms with Crippen molar-refractivity contribution in [3.05, 3.63) is 12.0 Å². The first kappa shape index (κ1) is 14.1. The number of rotatable bonds is 1. The summed E-state index contributed by atoms with van der Waals surface area (Å²) in [5, 5.41) is 0. The number of allylic oxidation sites excluding steroid dienone is 1. The highest BCUT2D eigenvalue weighted by Gasteiger charge is 2.44. The van der Waals surface area contributed by atoms with E-state index >= 15 is 0 Å². The van der Waals surface area contributed by atoms with Crippen LogP contribution >= 0.6 is 0 Å². The fourth-order valence-electron chi connectivity index (χ4n) is 1.76. The third-order valence-corrected chi connectivity index (χ3v) is 2.69. The Morgan fingerprint density at radius 3 is 1.76 bits per heavy atom. The molecule has 1 saturated heterocycles. The lowest BCUT2D eigenvalue weighted by atomic mass is 9.96. The van der Waals surface area contributed by atoms with E-state index in [0.717, 1.165) is 0 Å². The van der Waals surface area contributed by atoms with E-state index in [1.54, 1.807) is 0 Å². The summed E-state index contributed by atoms with van der Waals surface area (Å²) in [5.41, 5.74) is -1.52. The molecule has 0 aromatic heterocycles. The lowest BCUT2D eigenvalue weighted by molar-refractivity contribution is -0.186. The average Bonchev–Trinajstić information content (AvgIpc) is 2.16. The van der Waals surface area contributed by atoms with Gasteiger partial charge >= 0.3 is 12.4 Å². The van der Waals surface area contributed by atoms with Gasteiger partial charge in [0, 0.05) is 13.1 Å². The number of alkyl halides is 6. The van der Waals surface area contributed by atoms with Crippen molar-refractivity contribution in [3.8, 4) is 0 Å². The molecular formula is C9H10F7N. The average molecular weight is 265 g/mol. The third kappa shape index (κ3) is 3.50. The van der Waals surface area contributed by atoms with Gasteiger partial charge in [-0.05, 0) is 12.8 Å². The molecule has 0 aromatic carbocycles. The Morgan fingerprint density at radius 2 is 1.47 bits per heavy atom. The normalized spacial score (nSPS) is 20.9. The van der Waals surface area contributed by atoms with Crippen LogP contribution in [0.4, 0.5) is 30.7 Å². The number of likely N-dealkylation sites (tertiary alicyclic amines) is 1. The van der Waals surface area contributed by atoms with Crippen molar-refractivity contribution in [3.63, 3.8) is 0 Å². The van der Waals surface area contributed by atoms with Crippen molar-refractivity contribution >= 4 is 0 Å². The van der Waals surface area contributed by atoms with Crippen LogP contribution < -0.4 is 0 Å². The van der Waals surface area contributed by atoms with Gasteiger partial charge in [0.25, 0.3) is 0 Å². The first-order valence-electron chi connectivity index (χ1n) is 4.85. The summed E-state index contributed by atoms with van der Waals surface area (Å²) in [4.78, 5) is 0.599. The quantitative estimate of drug-likeness (QED) is 0.654. The number of hydrogen-bond donors (Lipinski definition) is 0. The first-order valence-corrected chi connectivity index (χ1v) is 4.85. The third-order valence-electron chi connectivity index (χ3n) is 2.69. The van der Waals surface area contributed by atoms with Gasteiger partial charge in [0.2, 0.25) is 0 Å². The Kier molecular flexibility index (Phi) is 3.93. The summed E-state index contributed by atoms with van der Waals surface area (Å²) < 4.78 is 85.7. The van der Waals surface area contributed by atoms with Gasteiger partial charge in [0.15, 0.2) is 0 Å². The van der Waals surface area contributed by atoms with Gasteiger partial charge in [-0.3, -0.25) is 0 Å². The molecule has 0 N–H and O–H groups in total. The molecule has 0 atom stereocenters. The molecule has 0 amide bonds. The summed E-state index contributed by atoms with van der Waals surface area (Å²) in [6.45, 7) is -0.890. The molecule has 1 aliphatic heterocycles. The monoisotopic (exact) mass is 265 g/mol. The van der Waals surface area contributed by atoms with Gasteiger partial charge in [-0.1, -0.05) is 0 Å². The Balaban J connectivity index is 2.64. The second-order valence-electron chi connectivity index (χ2n) is 3.80. The van der Waals surface area contributed by atoms with E-state index in [-0.39, 0.29) is 0 Å². The molecule has 17 heavy (non-hydrogen) atoms. The van der Waals surface area contributed by atoms with E-state index in [1.807, 2.05) is 0 Å². The number of hydrogen-bond acceptors (Lipinski definition) is 1. The van der Waals surface area contributed by atoms with E-state index in [2.05, 4.69) is 0 Å². The zero-order valence-electron chi connectivity index (χ0n) is 8.58. The predicted molar refractivity (Wildman–Crippen MR) is 45.6 cm³/mol. The Bertz CT molecular complexity index is 283. The highest BCUT2D eigenvalue weighted by molar-refractivity contribution is 5.05. The van der Waals surface area contributed by atoms with Crippen molar-refractivity contribution in [1.82, 2.24) is 4.90 Å². The van der Waals surface area contributed by atoms with Crippen LogP contribution in [0.3, 0.4) is 0 Å². The molecule has 1 heterocycles. The molecule has 0 radical (unpaired) electrons. The maximum absolute atomic E-state index is 12.3. The molecule has 1 fully saturated rings. The van der Waals surface area contributed by atoms with Gasteiger partial charge in [0.1, 0.15) is 12.0 Å². The first-order chi connectivity index (χ1) is 7.66. The summed E-state index contributed by atoms with van der Waals surface area (Å²) >= 11 is 0. The topological polar surface area (TPSA) is 3.24 Å². The second-order valence-corrected chi connectivity index (χ2v) is 3.80. The van der Waals surface area contributed by atoms with Crippen LogP contribution in [0.2, 0.25) is 0 Å². The minimum Gasteiger partial charge on any atom is -0.366 e. The highest BCUT2D eigenvalue weighted by atomic mass is 19.4. The molecule has 1 aliphatic rings. The summed E-state index contributed by atoms with van der Waals surface area (Å²) in [6.07, 6.45) is -10.8. The van der Waals surface area contributed by atoms with Crippen LogP contribution in [0.1, 0.15) is 12.8 Å². The largest absolute Gasteiger partial charge is 0.433 e. The van der Waals surface area contributed by atoms with Crippen LogP contribution in [0, 0.1) is 5.92 Å². The van der Waals surface area contributed by atoms with E-state index in [0.29, 0.717) is 4.90 Å². The fraction of sp³-hybridized carbons (Fsp3) is 0.778. The van der Waals surface area contributed by atoms with Crippen molar-refractivity contribution in [2.75, 3.05) is 13.1 Å². The molecule has 0 spiro atoms. The second kappa shape index (κ2) is 4.73. The summed E-state index contributed by atoms with van der Waals surface area (Å²) in [5.74, 6) is -1.60. The highest BCUT2D eigenvalue weighted by Crippen LogP contribution is 2.37. The van der Waals surface area contributed by atoms with Crippen LogP contribution in [-0.2, 0) is 0 Å². The van der Waals surface area contributed by atoms with Gasteiger partial charge in [-0.25, -0.2) is 4.39 Å². The van der Waals surface area contributed by atoms with E-state index < -0.39 is 56.2 Å². The van der Waals surface area contributed by atoms with Crippen LogP contribution in [0.5, 0.6) is 0 Å². The summed E-state index contributed by atoms with van der Waals surface area (Å²) in [6, 6.07) is 0. The van der Waals surface area contributed by atoms with Crippen molar-refractivity contribution in [2.24, 2.45) is 5.92 Å². The molecule has 0 unspecified atom stereocenters. The van der Waals surface area contributed by atoms with Crippen LogP contribution in [0.15, 0.2) is 12.0 Å². The molecule has 1 rings (SSSR count). The molecule has 100 valence electrons. The zero-order chi connectivity index (χ0) is 13.3. The fourth-order valence-corrected chi connectivity index (χ4v) is 1.76. The molecule has 0 aromatic rings. The number of halogens is 7. The molecule has 8 heteroatoms. The maximum atomic E-state index is 12.3. The number of piperidine rings is 1. The van der Waals surface area contributed by atoms with E-state index in [9.17, 15) is 30.7 Å². The lowest BCUT2D eigenvalue weighted by Crippen LogP contribution is -2.41. The summed E-state index contributed by atoms with van der Waals surface area (Å²) in [7, 11) is 0. The lowest BCUT2D eigenvalue weighted by Gasteiger charge is -2.35. The van der Waals surface area contributed by atoms with Crippen molar-refractivity contribution in [2.45, 2.75) is 25.2 Å². The SMILES string of the molecule is F/C=C(\N1CCC(C(F)(F)F)CC1)C(F)(F)F. The Morgan fingerprint density at radius 1 is 1.00 bits per heavy atom. The van der Waals surface area contributed by atoms with Crippen LogP contribution in [-0.4, -0.2) is 30.3 Å². The van der Waals surface area contributed by atoms with E-state index in [4.69, 9.17) is 0 Å². The minimum atomic E-state index is -4.88. The molecule has 0 aliphatic carbocycles. The molecule has 0 saturated carbocycles. The maximum Gasteiger partial charge on any atom is 0.433 e. The van der Waals surface area contributed by atoms with Gasteiger partial charge < -0.3 is 4.90 Å². The van der Waals surface area contributed by atoms with E-state index in [1.165, 1.54) is 0 Å². The standard InChI is InChI=1S/C9H10F7N/c10-5-7(9(14,15)16)17-3-1-6(2-4-17)8(11,12)13/h5-6H,1-4H2/b7-5-. The van der Waals surface area contributed by atoms with Crippen molar-refractivity contribution < 1.29 is 30.7 Å². The van der Waals surface area contributed by atoms with Gasteiger partial charge in [0.05, 0.1) is 5.92 Å². The zero-order valence-corrected chi connectivity index (χ0v) is 8.58. The smallest absolute Gasteiger partial charge is 0.366 e. The molecule has 1 nitrogen and oxygen atoms in total. The molecular weight excluding hydrogens is 255 g/mol.